The number of rotatable bonds is 1. The fourth-order valence-electron chi connectivity index (χ4n) is 5.33. The molecule has 0 radical (unpaired) electrons. The Morgan fingerprint density at radius 3 is 2.61 bits per heavy atom. The molecule has 1 saturated heterocycles. The molecule has 0 bridgehead atoms. The van der Waals surface area contributed by atoms with Gasteiger partial charge in [0.15, 0.2) is 5.54 Å². The lowest BCUT2D eigenvalue weighted by atomic mass is 9.79. The maximum absolute atomic E-state index is 2.49. The molecule has 3 heterocycles. The molecule has 1 N–H and O–H groups in total. The Morgan fingerprint density at radius 1 is 0.957 bits per heavy atom. The van der Waals surface area contributed by atoms with Crippen molar-refractivity contribution in [1.29, 1.82) is 0 Å². The topological polar surface area (TPSA) is 9.37 Å². The number of quaternary nitrogens is 1. The third-order valence-corrected chi connectivity index (χ3v) is 6.19. The molecule has 116 valence electrons. The molecule has 0 aliphatic carbocycles. The summed E-state index contributed by atoms with van der Waals surface area (Å²) in [7, 11) is 2.27. The van der Waals surface area contributed by atoms with Crippen molar-refractivity contribution in [2.24, 2.45) is 7.05 Å². The first-order chi connectivity index (χ1) is 11.3. The standard InChI is InChI=1S/C21H22N2/c1-22-19-11-6-5-10-17(19)18-12-15-23-14-7-13-21(23,20(18)22)16-8-3-2-4-9-16/h2-6,8-11H,7,12-15H2,1H3/p+1. The van der Waals surface area contributed by atoms with E-state index in [4.69, 9.17) is 0 Å². The number of nitrogens with one attached hydrogen (secondary N) is 1. The van der Waals surface area contributed by atoms with Crippen LogP contribution in [0.4, 0.5) is 0 Å². The number of fused-ring (bicyclic) bond motifs is 5. The maximum atomic E-state index is 2.49. The Kier molecular flexibility index (Phi) is 2.75. The molecular weight excluding hydrogens is 280 g/mol. The molecule has 0 amide bonds. The highest BCUT2D eigenvalue weighted by molar-refractivity contribution is 5.86. The number of aromatic nitrogens is 1. The molecule has 1 aromatic heterocycles. The van der Waals surface area contributed by atoms with Crippen molar-refractivity contribution < 1.29 is 4.90 Å². The zero-order valence-corrected chi connectivity index (χ0v) is 13.7. The van der Waals surface area contributed by atoms with E-state index >= 15 is 0 Å². The Morgan fingerprint density at radius 2 is 1.74 bits per heavy atom. The van der Waals surface area contributed by atoms with Crippen LogP contribution in [0.25, 0.3) is 10.9 Å². The van der Waals surface area contributed by atoms with E-state index in [1.54, 1.807) is 16.2 Å². The van der Waals surface area contributed by atoms with E-state index in [9.17, 15) is 0 Å². The van der Waals surface area contributed by atoms with Crippen LogP contribution < -0.4 is 4.90 Å². The van der Waals surface area contributed by atoms with E-state index in [1.165, 1.54) is 48.8 Å². The third kappa shape index (κ3) is 1.62. The van der Waals surface area contributed by atoms with Gasteiger partial charge in [-0.05, 0) is 11.6 Å². The smallest absolute Gasteiger partial charge is 0.164 e. The molecule has 3 aromatic rings. The molecule has 2 aromatic carbocycles. The quantitative estimate of drug-likeness (QED) is 0.708. The second kappa shape index (κ2) is 4.72. The van der Waals surface area contributed by atoms with Gasteiger partial charge in [0, 0.05) is 42.8 Å². The van der Waals surface area contributed by atoms with Crippen LogP contribution in [-0.2, 0) is 19.0 Å². The van der Waals surface area contributed by atoms with Crippen molar-refractivity contribution in [3.63, 3.8) is 0 Å². The van der Waals surface area contributed by atoms with Crippen molar-refractivity contribution in [3.05, 3.63) is 71.4 Å². The molecule has 0 spiro atoms. The van der Waals surface area contributed by atoms with Gasteiger partial charge in [0.05, 0.1) is 18.8 Å². The first-order valence-corrected chi connectivity index (χ1v) is 8.80. The summed E-state index contributed by atoms with van der Waals surface area (Å²) in [6.07, 6.45) is 3.80. The highest BCUT2D eigenvalue weighted by Gasteiger charge is 2.53. The first-order valence-electron chi connectivity index (χ1n) is 8.80. The van der Waals surface area contributed by atoms with Crippen LogP contribution in [0, 0.1) is 0 Å². The molecule has 0 saturated carbocycles. The van der Waals surface area contributed by atoms with Gasteiger partial charge in [-0.3, -0.25) is 0 Å². The molecule has 2 nitrogen and oxygen atoms in total. The Balaban J connectivity index is 1.88. The van der Waals surface area contributed by atoms with Crippen LogP contribution in [0.1, 0.15) is 29.7 Å². The zero-order chi connectivity index (χ0) is 15.4. The van der Waals surface area contributed by atoms with E-state index in [2.05, 4.69) is 66.2 Å². The van der Waals surface area contributed by atoms with Crippen molar-refractivity contribution in [1.82, 2.24) is 4.57 Å². The monoisotopic (exact) mass is 303 g/mol. The molecule has 5 rings (SSSR count). The fourth-order valence-corrected chi connectivity index (χ4v) is 5.33. The number of hydrogen-bond acceptors (Lipinski definition) is 0. The molecule has 2 heteroatoms. The van der Waals surface area contributed by atoms with E-state index in [-0.39, 0.29) is 5.54 Å². The average molecular weight is 303 g/mol. The summed E-state index contributed by atoms with van der Waals surface area (Å²) < 4.78 is 2.49. The van der Waals surface area contributed by atoms with Gasteiger partial charge >= 0.3 is 0 Å². The van der Waals surface area contributed by atoms with Gasteiger partial charge in [-0.2, -0.15) is 0 Å². The molecule has 2 unspecified atom stereocenters. The normalized spacial score (nSPS) is 26.2. The van der Waals surface area contributed by atoms with Crippen molar-refractivity contribution in [3.8, 4) is 0 Å². The summed E-state index contributed by atoms with van der Waals surface area (Å²) in [4.78, 5) is 1.77. The van der Waals surface area contributed by atoms with Gasteiger partial charge in [0.2, 0.25) is 0 Å². The number of para-hydroxylation sites is 1. The van der Waals surface area contributed by atoms with E-state index < -0.39 is 0 Å². The lowest BCUT2D eigenvalue weighted by molar-refractivity contribution is -0.943. The summed E-state index contributed by atoms with van der Waals surface area (Å²) in [5, 5.41) is 1.46. The summed E-state index contributed by atoms with van der Waals surface area (Å²) in [6, 6.07) is 20.2. The molecule has 2 aliphatic heterocycles. The van der Waals surface area contributed by atoms with Gasteiger partial charge in [-0.15, -0.1) is 0 Å². The minimum absolute atomic E-state index is 0.155. The molecule has 1 fully saturated rings. The second-order valence-electron chi connectivity index (χ2n) is 7.13. The van der Waals surface area contributed by atoms with Crippen LogP contribution in [0.2, 0.25) is 0 Å². The number of aryl methyl sites for hydroxylation is 1. The van der Waals surface area contributed by atoms with Crippen LogP contribution in [-0.4, -0.2) is 17.7 Å². The summed E-state index contributed by atoms with van der Waals surface area (Å²) in [5.41, 5.74) is 6.21. The minimum atomic E-state index is 0.155. The van der Waals surface area contributed by atoms with Gasteiger partial charge < -0.3 is 9.47 Å². The van der Waals surface area contributed by atoms with Crippen LogP contribution >= 0.6 is 0 Å². The lowest BCUT2D eigenvalue weighted by Crippen LogP contribution is -3.18. The molecule has 2 aliphatic rings. The zero-order valence-electron chi connectivity index (χ0n) is 13.7. The highest BCUT2D eigenvalue weighted by atomic mass is 15.3. The second-order valence-corrected chi connectivity index (χ2v) is 7.13. The Hall–Kier alpha value is -2.06. The van der Waals surface area contributed by atoms with E-state index in [0.717, 1.165) is 0 Å². The number of benzene rings is 2. The number of nitrogens with zero attached hydrogens (tertiary/aromatic N) is 1. The van der Waals surface area contributed by atoms with E-state index in [1.807, 2.05) is 0 Å². The molecular formula is C21H23N2+. The van der Waals surface area contributed by atoms with Gasteiger partial charge in [0.1, 0.15) is 0 Å². The third-order valence-electron chi connectivity index (χ3n) is 6.19. The van der Waals surface area contributed by atoms with Crippen LogP contribution in [0.5, 0.6) is 0 Å². The van der Waals surface area contributed by atoms with Crippen LogP contribution in [0.3, 0.4) is 0 Å². The predicted molar refractivity (Wildman–Crippen MR) is 93.8 cm³/mol. The predicted octanol–water partition coefficient (Wildman–Crippen LogP) is 2.66. The lowest BCUT2D eigenvalue weighted by Gasteiger charge is -2.40. The first kappa shape index (κ1) is 13.4. The maximum Gasteiger partial charge on any atom is 0.164 e. The van der Waals surface area contributed by atoms with Crippen molar-refractivity contribution in [2.45, 2.75) is 24.8 Å². The van der Waals surface area contributed by atoms with Gasteiger partial charge in [-0.25, -0.2) is 0 Å². The number of hydrogen-bond donors (Lipinski definition) is 1. The molecule has 2 atom stereocenters. The SMILES string of the molecule is Cn1c2c(c3ccccc31)CC[NH+]1CCCC21c1ccccc1. The largest absolute Gasteiger partial charge is 0.342 e. The van der Waals surface area contributed by atoms with E-state index in [0.29, 0.717) is 0 Å². The van der Waals surface area contributed by atoms with Gasteiger partial charge in [0.25, 0.3) is 0 Å². The Labute approximate surface area is 137 Å². The Bertz CT molecular complexity index is 877. The van der Waals surface area contributed by atoms with Gasteiger partial charge in [-0.1, -0.05) is 48.5 Å². The minimum Gasteiger partial charge on any atom is -0.342 e. The van der Waals surface area contributed by atoms with Crippen molar-refractivity contribution in [2.75, 3.05) is 13.1 Å². The summed E-state index contributed by atoms with van der Waals surface area (Å²) in [6.45, 7) is 2.56. The highest BCUT2D eigenvalue weighted by Crippen LogP contribution is 2.41. The van der Waals surface area contributed by atoms with Crippen molar-refractivity contribution >= 4 is 10.9 Å². The average Bonchev–Trinajstić information content (AvgIpc) is 3.17. The summed E-state index contributed by atoms with van der Waals surface area (Å²) >= 11 is 0. The molecule has 23 heavy (non-hydrogen) atoms. The summed E-state index contributed by atoms with van der Waals surface area (Å²) in [5.74, 6) is 0. The van der Waals surface area contributed by atoms with Crippen LogP contribution in [0.15, 0.2) is 54.6 Å². The fraction of sp³-hybridized carbons (Fsp3) is 0.333.